The number of nitrogens with one attached hydrogen (secondary N) is 1. The summed E-state index contributed by atoms with van der Waals surface area (Å²) in [5.74, 6) is 0.435. The molecule has 0 aliphatic carbocycles. The average molecular weight is 221 g/mol. The molecule has 0 aliphatic rings. The molecule has 0 aliphatic heterocycles. The van der Waals surface area contributed by atoms with Crippen LogP contribution in [0.25, 0.3) is 0 Å². The van der Waals surface area contributed by atoms with Crippen molar-refractivity contribution in [1.29, 1.82) is 0 Å². The molecule has 0 saturated carbocycles. The van der Waals surface area contributed by atoms with Crippen LogP contribution in [0.3, 0.4) is 0 Å². The van der Waals surface area contributed by atoms with E-state index in [2.05, 4.69) is 5.32 Å². The second-order valence-electron chi connectivity index (χ2n) is 3.35. The third-order valence-electron chi connectivity index (χ3n) is 1.42. The Labute approximate surface area is 87.9 Å². The van der Waals surface area contributed by atoms with E-state index in [1.165, 1.54) is 0 Å². The normalized spacial score (nSPS) is 12.9. The fourth-order valence-corrected chi connectivity index (χ4v) is 1.45. The Kier molecular flexibility index (Phi) is 7.70. The maximum atomic E-state index is 11.0. The van der Waals surface area contributed by atoms with Gasteiger partial charge in [-0.1, -0.05) is 0 Å². The molecule has 0 amide bonds. The molecule has 84 valence electrons. The Hall–Kier alpha value is -0.420. The van der Waals surface area contributed by atoms with E-state index in [-0.39, 0.29) is 18.6 Å². The molecule has 1 unspecified atom stereocenters. The molecule has 14 heavy (non-hydrogen) atoms. The minimum atomic E-state index is -0.745. The van der Waals surface area contributed by atoms with E-state index in [0.717, 1.165) is 6.42 Å². The monoisotopic (exact) mass is 221 g/mol. The van der Waals surface area contributed by atoms with E-state index in [1.54, 1.807) is 6.26 Å². The number of hydrogen-bond donors (Lipinski definition) is 1. The number of hydrogen-bond acceptors (Lipinski definition) is 4. The van der Waals surface area contributed by atoms with Gasteiger partial charge >= 0.3 is 5.97 Å². The van der Waals surface area contributed by atoms with Gasteiger partial charge in [-0.2, -0.15) is 0 Å². The van der Waals surface area contributed by atoms with Crippen LogP contribution in [-0.2, 0) is 20.3 Å². The molecule has 0 saturated heterocycles. The van der Waals surface area contributed by atoms with Crippen molar-refractivity contribution in [3.05, 3.63) is 0 Å². The maximum absolute atomic E-state index is 11.0. The van der Waals surface area contributed by atoms with Gasteiger partial charge in [-0.05, 0) is 26.8 Å². The summed E-state index contributed by atoms with van der Waals surface area (Å²) < 4.78 is 15.6. The van der Waals surface area contributed by atoms with Crippen LogP contribution >= 0.6 is 0 Å². The van der Waals surface area contributed by atoms with Crippen molar-refractivity contribution in [3.63, 3.8) is 0 Å². The lowest BCUT2D eigenvalue weighted by atomic mass is 10.4. The predicted molar refractivity (Wildman–Crippen MR) is 57.6 cm³/mol. The van der Waals surface area contributed by atoms with E-state index < -0.39 is 10.8 Å². The van der Waals surface area contributed by atoms with Crippen LogP contribution in [0.4, 0.5) is 0 Å². The smallest absolute Gasteiger partial charge is 0.320 e. The number of carbonyl (C=O) groups is 1. The number of carbonyl (C=O) groups excluding carboxylic acids is 1. The highest BCUT2D eigenvalue weighted by Crippen LogP contribution is 1.88. The zero-order valence-corrected chi connectivity index (χ0v) is 9.86. The summed E-state index contributed by atoms with van der Waals surface area (Å²) in [5, 5.41) is 2.94. The minimum absolute atomic E-state index is 0.0626. The third-order valence-corrected chi connectivity index (χ3v) is 2.29. The Morgan fingerprint density at radius 1 is 1.50 bits per heavy atom. The first-order chi connectivity index (χ1) is 6.52. The molecule has 5 heteroatoms. The summed E-state index contributed by atoms with van der Waals surface area (Å²) in [7, 11) is -0.745. The van der Waals surface area contributed by atoms with Crippen LogP contribution in [0.2, 0.25) is 0 Å². The molecule has 0 aromatic heterocycles. The van der Waals surface area contributed by atoms with Crippen molar-refractivity contribution >= 4 is 16.8 Å². The highest BCUT2D eigenvalue weighted by atomic mass is 32.2. The standard InChI is InChI=1S/C9H19NO3S/c1-8(2)13-9(11)7-10-5-4-6-14(3)12/h8,10H,4-7H2,1-3H3. The fourth-order valence-electron chi connectivity index (χ4n) is 0.895. The van der Waals surface area contributed by atoms with Crippen molar-refractivity contribution in [2.24, 2.45) is 0 Å². The van der Waals surface area contributed by atoms with Gasteiger partial charge in [0.2, 0.25) is 0 Å². The zero-order chi connectivity index (χ0) is 11.0. The van der Waals surface area contributed by atoms with Crippen LogP contribution in [-0.4, -0.2) is 41.4 Å². The molecule has 0 heterocycles. The summed E-state index contributed by atoms with van der Waals surface area (Å²) >= 11 is 0. The van der Waals surface area contributed by atoms with Gasteiger partial charge in [0, 0.05) is 22.8 Å². The van der Waals surface area contributed by atoms with Gasteiger partial charge < -0.3 is 10.1 Å². The van der Waals surface area contributed by atoms with E-state index in [4.69, 9.17) is 4.74 Å². The quantitative estimate of drug-likeness (QED) is 0.496. The van der Waals surface area contributed by atoms with Gasteiger partial charge in [0.1, 0.15) is 0 Å². The molecular weight excluding hydrogens is 202 g/mol. The lowest BCUT2D eigenvalue weighted by Crippen LogP contribution is -2.27. The topological polar surface area (TPSA) is 55.4 Å². The first-order valence-electron chi connectivity index (χ1n) is 4.72. The fraction of sp³-hybridized carbons (Fsp3) is 0.889. The van der Waals surface area contributed by atoms with E-state index in [1.807, 2.05) is 13.8 Å². The summed E-state index contributed by atoms with van der Waals surface area (Å²) in [6, 6.07) is 0. The third kappa shape index (κ3) is 9.67. The predicted octanol–water partition coefficient (Wildman–Crippen LogP) is 0.296. The molecule has 0 bridgehead atoms. The molecule has 0 fully saturated rings. The summed E-state index contributed by atoms with van der Waals surface area (Å²) in [5.41, 5.74) is 0. The molecule has 1 atom stereocenters. The molecule has 0 spiro atoms. The second kappa shape index (κ2) is 7.94. The Balaban J connectivity index is 3.27. The van der Waals surface area contributed by atoms with Crippen LogP contribution in [0.1, 0.15) is 20.3 Å². The molecule has 1 N–H and O–H groups in total. The van der Waals surface area contributed by atoms with Gasteiger partial charge in [0.15, 0.2) is 0 Å². The van der Waals surface area contributed by atoms with Crippen LogP contribution < -0.4 is 5.32 Å². The largest absolute Gasteiger partial charge is 0.462 e. The van der Waals surface area contributed by atoms with Crippen molar-refractivity contribution in [1.82, 2.24) is 5.32 Å². The summed E-state index contributed by atoms with van der Waals surface area (Å²) in [6.45, 7) is 4.57. The Morgan fingerprint density at radius 2 is 2.14 bits per heavy atom. The highest BCUT2D eigenvalue weighted by Gasteiger charge is 2.03. The average Bonchev–Trinajstić information content (AvgIpc) is 2.01. The van der Waals surface area contributed by atoms with Gasteiger partial charge in [0.05, 0.1) is 12.6 Å². The minimum Gasteiger partial charge on any atom is -0.462 e. The SMILES string of the molecule is CC(C)OC(=O)CNCCCS(C)=O. The molecule has 0 aromatic carbocycles. The van der Waals surface area contributed by atoms with Crippen molar-refractivity contribution in [2.75, 3.05) is 25.1 Å². The van der Waals surface area contributed by atoms with Gasteiger partial charge in [0.25, 0.3) is 0 Å². The Bertz CT molecular complexity index is 194. The Morgan fingerprint density at radius 3 is 2.64 bits per heavy atom. The molecular formula is C9H19NO3S. The first-order valence-corrected chi connectivity index (χ1v) is 6.45. The van der Waals surface area contributed by atoms with Crippen LogP contribution in [0, 0.1) is 0 Å². The summed E-state index contributed by atoms with van der Waals surface area (Å²) in [6.07, 6.45) is 2.43. The maximum Gasteiger partial charge on any atom is 0.320 e. The second-order valence-corrected chi connectivity index (χ2v) is 4.90. The van der Waals surface area contributed by atoms with Gasteiger partial charge in [-0.3, -0.25) is 9.00 Å². The van der Waals surface area contributed by atoms with E-state index in [9.17, 15) is 9.00 Å². The number of esters is 1. The van der Waals surface area contributed by atoms with Gasteiger partial charge in [-0.15, -0.1) is 0 Å². The van der Waals surface area contributed by atoms with Crippen LogP contribution in [0.15, 0.2) is 0 Å². The number of rotatable bonds is 7. The molecule has 0 radical (unpaired) electrons. The van der Waals surface area contributed by atoms with Crippen molar-refractivity contribution < 1.29 is 13.7 Å². The first kappa shape index (κ1) is 13.6. The van der Waals surface area contributed by atoms with E-state index >= 15 is 0 Å². The highest BCUT2D eigenvalue weighted by molar-refractivity contribution is 7.84. The lowest BCUT2D eigenvalue weighted by molar-refractivity contribution is -0.146. The zero-order valence-electron chi connectivity index (χ0n) is 9.04. The molecule has 4 nitrogen and oxygen atoms in total. The van der Waals surface area contributed by atoms with Crippen molar-refractivity contribution in [2.45, 2.75) is 26.4 Å². The summed E-state index contributed by atoms with van der Waals surface area (Å²) in [4.78, 5) is 11.0. The van der Waals surface area contributed by atoms with E-state index in [0.29, 0.717) is 12.3 Å². The van der Waals surface area contributed by atoms with Crippen molar-refractivity contribution in [3.8, 4) is 0 Å². The van der Waals surface area contributed by atoms with Gasteiger partial charge in [-0.25, -0.2) is 0 Å². The molecule has 0 rings (SSSR count). The number of ether oxygens (including phenoxy) is 1. The molecule has 0 aromatic rings. The van der Waals surface area contributed by atoms with Crippen LogP contribution in [0.5, 0.6) is 0 Å². The lowest BCUT2D eigenvalue weighted by Gasteiger charge is -2.08.